The maximum atomic E-state index is 6.03. The van der Waals surface area contributed by atoms with E-state index >= 15 is 0 Å². The second kappa shape index (κ2) is 10.6. The third kappa shape index (κ3) is 5.71. The SMILES string of the molecule is CCc1nc(Nc2ccc(OC)c(OCCCN3CCCC3)c2)nc(NC)c1P. The van der Waals surface area contributed by atoms with Crippen molar-refractivity contribution >= 4 is 32.0 Å². The van der Waals surface area contributed by atoms with Crippen LogP contribution in [0, 0.1) is 0 Å². The molecule has 0 spiro atoms. The summed E-state index contributed by atoms with van der Waals surface area (Å²) in [4.78, 5) is 11.7. The van der Waals surface area contributed by atoms with Gasteiger partial charge in [-0.1, -0.05) is 16.2 Å². The van der Waals surface area contributed by atoms with Gasteiger partial charge in [-0.3, -0.25) is 0 Å². The molecular formula is C21H32N5O2P. The highest BCUT2D eigenvalue weighted by Crippen LogP contribution is 2.31. The first kappa shape index (κ1) is 21.6. The largest absolute Gasteiger partial charge is 0.493 e. The number of hydrogen-bond donors (Lipinski definition) is 2. The molecule has 8 heteroatoms. The van der Waals surface area contributed by atoms with Gasteiger partial charge in [-0.15, -0.1) is 0 Å². The number of hydrogen-bond acceptors (Lipinski definition) is 7. The lowest BCUT2D eigenvalue weighted by molar-refractivity contribution is 0.254. The average Bonchev–Trinajstić information content (AvgIpc) is 3.26. The van der Waals surface area contributed by atoms with Gasteiger partial charge in [0, 0.05) is 30.7 Å². The second-order valence-corrected chi connectivity index (χ2v) is 7.68. The Morgan fingerprint density at radius 1 is 1.17 bits per heavy atom. The number of nitrogens with one attached hydrogen (secondary N) is 2. The Morgan fingerprint density at radius 2 is 1.97 bits per heavy atom. The van der Waals surface area contributed by atoms with E-state index in [9.17, 15) is 0 Å². The van der Waals surface area contributed by atoms with Crippen molar-refractivity contribution < 1.29 is 9.47 Å². The van der Waals surface area contributed by atoms with E-state index in [0.717, 1.165) is 53.4 Å². The molecule has 0 aliphatic carbocycles. The number of likely N-dealkylation sites (tertiary alicyclic amines) is 1. The van der Waals surface area contributed by atoms with Gasteiger partial charge in [-0.25, -0.2) is 4.98 Å². The third-order valence-corrected chi connectivity index (χ3v) is 5.70. The van der Waals surface area contributed by atoms with Crippen molar-refractivity contribution in [2.45, 2.75) is 32.6 Å². The number of aryl methyl sites for hydroxylation is 1. The van der Waals surface area contributed by atoms with Crippen molar-refractivity contribution in [1.82, 2.24) is 14.9 Å². The van der Waals surface area contributed by atoms with Crippen LogP contribution in [0.2, 0.25) is 0 Å². The van der Waals surface area contributed by atoms with Crippen molar-refractivity contribution in [3.8, 4) is 11.5 Å². The smallest absolute Gasteiger partial charge is 0.229 e. The molecule has 1 aromatic carbocycles. The van der Waals surface area contributed by atoms with Gasteiger partial charge < -0.3 is 25.0 Å². The molecule has 29 heavy (non-hydrogen) atoms. The van der Waals surface area contributed by atoms with Crippen LogP contribution in [0.1, 0.15) is 31.9 Å². The van der Waals surface area contributed by atoms with E-state index < -0.39 is 0 Å². The molecule has 3 rings (SSSR count). The molecule has 1 aliphatic rings. The van der Waals surface area contributed by atoms with Crippen molar-refractivity contribution in [2.24, 2.45) is 0 Å². The molecule has 0 saturated carbocycles. The molecule has 1 unspecified atom stereocenters. The number of ether oxygens (including phenoxy) is 2. The van der Waals surface area contributed by atoms with Crippen molar-refractivity contribution in [2.75, 3.05) is 51.0 Å². The molecule has 2 aromatic rings. The summed E-state index contributed by atoms with van der Waals surface area (Å²) < 4.78 is 11.5. The van der Waals surface area contributed by atoms with Crippen molar-refractivity contribution in [3.05, 3.63) is 23.9 Å². The van der Waals surface area contributed by atoms with Gasteiger partial charge in [-0.05, 0) is 50.9 Å². The lowest BCUT2D eigenvalue weighted by atomic mass is 10.2. The quantitative estimate of drug-likeness (QED) is 0.454. The minimum Gasteiger partial charge on any atom is -0.493 e. The Kier molecular flexibility index (Phi) is 7.90. The molecule has 2 heterocycles. The highest BCUT2D eigenvalue weighted by molar-refractivity contribution is 7.28. The number of anilines is 3. The maximum absolute atomic E-state index is 6.03. The fraction of sp³-hybridized carbons (Fsp3) is 0.524. The van der Waals surface area contributed by atoms with Crippen molar-refractivity contribution in [3.63, 3.8) is 0 Å². The molecule has 0 amide bonds. The van der Waals surface area contributed by atoms with Crippen LogP contribution in [0.25, 0.3) is 0 Å². The monoisotopic (exact) mass is 417 g/mol. The average molecular weight is 417 g/mol. The first-order valence-corrected chi connectivity index (χ1v) is 10.9. The number of methoxy groups -OCH3 is 1. The predicted octanol–water partition coefficient (Wildman–Crippen LogP) is 3.20. The minimum absolute atomic E-state index is 0.558. The Labute approximate surface area is 175 Å². The zero-order valence-electron chi connectivity index (χ0n) is 17.6. The van der Waals surface area contributed by atoms with Crippen LogP contribution in [-0.4, -0.2) is 55.3 Å². The van der Waals surface area contributed by atoms with E-state index in [2.05, 4.69) is 41.7 Å². The first-order chi connectivity index (χ1) is 14.1. The van der Waals surface area contributed by atoms with Gasteiger partial charge in [0.05, 0.1) is 19.4 Å². The summed E-state index contributed by atoms with van der Waals surface area (Å²) >= 11 is 0. The zero-order valence-corrected chi connectivity index (χ0v) is 18.8. The van der Waals surface area contributed by atoms with Crippen LogP contribution in [0.3, 0.4) is 0 Å². The predicted molar refractivity (Wildman–Crippen MR) is 122 cm³/mol. The molecule has 0 radical (unpaired) electrons. The van der Waals surface area contributed by atoms with Crippen LogP contribution in [0.5, 0.6) is 11.5 Å². The van der Waals surface area contributed by atoms with E-state index in [1.807, 2.05) is 25.2 Å². The summed E-state index contributed by atoms with van der Waals surface area (Å²) in [6.07, 6.45) is 4.47. The summed E-state index contributed by atoms with van der Waals surface area (Å²) in [5.41, 5.74) is 1.85. The fourth-order valence-electron chi connectivity index (χ4n) is 3.50. The summed E-state index contributed by atoms with van der Waals surface area (Å²) in [5, 5.41) is 7.41. The van der Waals surface area contributed by atoms with Crippen LogP contribution >= 0.6 is 9.24 Å². The Bertz CT molecular complexity index is 787. The normalized spacial score (nSPS) is 14.1. The molecule has 2 N–H and O–H groups in total. The summed E-state index contributed by atoms with van der Waals surface area (Å²) in [7, 11) is 6.23. The molecule has 1 aliphatic heterocycles. The first-order valence-electron chi connectivity index (χ1n) is 10.3. The number of nitrogens with zero attached hydrogens (tertiary/aromatic N) is 3. The van der Waals surface area contributed by atoms with Gasteiger partial charge >= 0.3 is 0 Å². The summed E-state index contributed by atoms with van der Waals surface area (Å²) in [6, 6.07) is 5.79. The Morgan fingerprint density at radius 3 is 2.66 bits per heavy atom. The van der Waals surface area contributed by atoms with Gasteiger partial charge in [0.2, 0.25) is 5.95 Å². The lowest BCUT2D eigenvalue weighted by Crippen LogP contribution is -2.21. The maximum Gasteiger partial charge on any atom is 0.229 e. The lowest BCUT2D eigenvalue weighted by Gasteiger charge is -2.16. The fourth-order valence-corrected chi connectivity index (χ4v) is 3.98. The highest BCUT2D eigenvalue weighted by Gasteiger charge is 2.13. The molecular weight excluding hydrogens is 385 g/mol. The molecule has 7 nitrogen and oxygen atoms in total. The van der Waals surface area contributed by atoms with Crippen LogP contribution < -0.4 is 25.4 Å². The number of aromatic nitrogens is 2. The van der Waals surface area contributed by atoms with E-state index in [-0.39, 0.29) is 0 Å². The number of benzene rings is 1. The Hall–Kier alpha value is -2.11. The van der Waals surface area contributed by atoms with E-state index in [0.29, 0.717) is 12.6 Å². The van der Waals surface area contributed by atoms with Gasteiger partial charge in [0.15, 0.2) is 11.5 Å². The second-order valence-electron chi connectivity index (χ2n) is 7.10. The highest BCUT2D eigenvalue weighted by atomic mass is 31.0. The molecule has 158 valence electrons. The van der Waals surface area contributed by atoms with Gasteiger partial charge in [-0.2, -0.15) is 4.98 Å². The zero-order chi connectivity index (χ0) is 20.6. The molecule has 0 bridgehead atoms. The van der Waals surface area contributed by atoms with Crippen LogP contribution in [0.15, 0.2) is 18.2 Å². The van der Waals surface area contributed by atoms with E-state index in [4.69, 9.17) is 9.47 Å². The summed E-state index contributed by atoms with van der Waals surface area (Å²) in [5.74, 6) is 2.81. The van der Waals surface area contributed by atoms with Crippen LogP contribution in [0.4, 0.5) is 17.5 Å². The standard InChI is InChI=1S/C21H32N5O2P/c1-4-16-19(29)20(22-2)25-21(24-16)23-15-8-9-17(27-3)18(14-15)28-13-7-12-26-10-5-6-11-26/h8-9,14H,4-7,10-13,29H2,1-3H3,(H2,22,23,24,25). The molecule has 1 saturated heterocycles. The van der Waals surface area contributed by atoms with E-state index in [1.54, 1.807) is 7.11 Å². The topological polar surface area (TPSA) is 71.5 Å². The molecule has 1 atom stereocenters. The summed E-state index contributed by atoms with van der Waals surface area (Å²) in [6.45, 7) is 6.26. The van der Waals surface area contributed by atoms with E-state index in [1.165, 1.54) is 25.9 Å². The number of rotatable bonds is 10. The van der Waals surface area contributed by atoms with Gasteiger partial charge in [0.1, 0.15) is 5.82 Å². The van der Waals surface area contributed by atoms with Gasteiger partial charge in [0.25, 0.3) is 0 Å². The Balaban J connectivity index is 1.67. The minimum atomic E-state index is 0.558. The molecule has 1 fully saturated rings. The molecule has 1 aromatic heterocycles. The van der Waals surface area contributed by atoms with Crippen molar-refractivity contribution in [1.29, 1.82) is 0 Å². The third-order valence-electron chi connectivity index (χ3n) is 5.09. The van der Waals surface area contributed by atoms with Crippen LogP contribution in [-0.2, 0) is 6.42 Å².